The molecular weight excluding hydrogens is 514 g/mol. The molecule has 196 valence electrons. The van der Waals surface area contributed by atoms with Crippen molar-refractivity contribution in [1.29, 1.82) is 0 Å². The van der Waals surface area contributed by atoms with Gasteiger partial charge >= 0.3 is 6.36 Å². The van der Waals surface area contributed by atoms with E-state index in [0.717, 1.165) is 40.7 Å². The van der Waals surface area contributed by atoms with E-state index in [2.05, 4.69) is 15.0 Å². The summed E-state index contributed by atoms with van der Waals surface area (Å²) in [4.78, 5) is 17.0. The van der Waals surface area contributed by atoms with Crippen molar-refractivity contribution in [2.24, 2.45) is 0 Å². The molecule has 7 nitrogen and oxygen atoms in total. The highest BCUT2D eigenvalue weighted by molar-refractivity contribution is 7.89. The minimum Gasteiger partial charge on any atom is -0.406 e. The van der Waals surface area contributed by atoms with E-state index >= 15 is 0 Å². The van der Waals surface area contributed by atoms with Crippen LogP contribution in [-0.4, -0.2) is 36.5 Å². The number of alkyl halides is 3. The fourth-order valence-electron chi connectivity index (χ4n) is 3.43. The van der Waals surface area contributed by atoms with Gasteiger partial charge in [-0.3, -0.25) is 14.1 Å². The van der Waals surface area contributed by atoms with E-state index in [1.165, 1.54) is 31.3 Å². The molecule has 3 rings (SSSR count). The number of rotatable bonds is 9. The third-order valence-corrected chi connectivity index (χ3v) is 7.03. The second-order valence-electron chi connectivity index (χ2n) is 7.60. The van der Waals surface area contributed by atoms with E-state index in [4.69, 9.17) is 0 Å². The van der Waals surface area contributed by atoms with E-state index in [1.807, 2.05) is 0 Å². The van der Waals surface area contributed by atoms with Crippen molar-refractivity contribution < 1.29 is 35.5 Å². The summed E-state index contributed by atoms with van der Waals surface area (Å²) in [5, 5.41) is 2.66. The highest BCUT2D eigenvalue weighted by Gasteiger charge is 2.31. The third-order valence-electron chi connectivity index (χ3n) is 5.12. The number of halogens is 4. The second kappa shape index (κ2) is 11.4. The Balaban J connectivity index is 1.73. The van der Waals surface area contributed by atoms with Gasteiger partial charge in [-0.15, -0.1) is 13.2 Å². The Morgan fingerprint density at radius 1 is 1.08 bits per heavy atom. The van der Waals surface area contributed by atoms with Crippen molar-refractivity contribution in [3.8, 4) is 17.0 Å². The van der Waals surface area contributed by atoms with Crippen LogP contribution in [0.5, 0.6) is 5.75 Å². The molecule has 0 radical (unpaired) electrons. The molecule has 0 aliphatic rings. The van der Waals surface area contributed by atoms with Crippen LogP contribution in [0.4, 0.5) is 17.6 Å². The van der Waals surface area contributed by atoms with E-state index in [-0.39, 0.29) is 29.4 Å². The van der Waals surface area contributed by atoms with Crippen LogP contribution in [0.1, 0.15) is 19.4 Å². The van der Waals surface area contributed by atoms with Crippen molar-refractivity contribution in [1.82, 2.24) is 14.6 Å². The molecule has 3 aromatic rings. The fraction of sp³-hybridized carbons (Fsp3) is 0.200. The molecule has 1 amide bonds. The standard InChI is InChI=1S/C25H23F4N3O4S/c1-3-23(32(4-2)37(34,35)21-11-7-19(26)8-12-21)24(33)31-16-17-13-14-30-22(15-17)18-5-9-20(10-6-18)36-25(27,28)29/h3,5-15H,4,16H2,1-2H3,(H,31,33)/b23-3+. The molecule has 0 atom stereocenters. The number of hydrogen-bond acceptors (Lipinski definition) is 5. The van der Waals surface area contributed by atoms with Gasteiger partial charge in [-0.2, -0.15) is 0 Å². The van der Waals surface area contributed by atoms with Crippen molar-refractivity contribution in [2.45, 2.75) is 31.7 Å². The van der Waals surface area contributed by atoms with Crippen LogP contribution in [0.3, 0.4) is 0 Å². The van der Waals surface area contributed by atoms with Crippen LogP contribution < -0.4 is 10.1 Å². The predicted octanol–water partition coefficient (Wildman–Crippen LogP) is 5.02. The summed E-state index contributed by atoms with van der Waals surface area (Å²) in [5.41, 5.74) is 1.49. The van der Waals surface area contributed by atoms with E-state index in [0.29, 0.717) is 16.8 Å². The molecule has 0 aliphatic carbocycles. The van der Waals surface area contributed by atoms with Crippen molar-refractivity contribution in [3.63, 3.8) is 0 Å². The van der Waals surface area contributed by atoms with Gasteiger partial charge in [-0.05, 0) is 80.1 Å². The van der Waals surface area contributed by atoms with Gasteiger partial charge in [0.2, 0.25) is 0 Å². The van der Waals surface area contributed by atoms with Crippen LogP contribution in [0.15, 0.2) is 83.5 Å². The van der Waals surface area contributed by atoms with E-state index < -0.39 is 28.1 Å². The first kappa shape index (κ1) is 27.7. The first-order valence-corrected chi connectivity index (χ1v) is 12.4. The fourth-order valence-corrected chi connectivity index (χ4v) is 4.96. The zero-order valence-electron chi connectivity index (χ0n) is 19.8. The normalized spacial score (nSPS) is 12.2. The molecule has 0 bridgehead atoms. The van der Waals surface area contributed by atoms with Gasteiger partial charge in [0.1, 0.15) is 17.3 Å². The zero-order valence-corrected chi connectivity index (χ0v) is 20.6. The molecule has 1 aromatic heterocycles. The number of aromatic nitrogens is 1. The van der Waals surface area contributed by atoms with Gasteiger partial charge in [-0.1, -0.05) is 6.08 Å². The number of allylic oxidation sites excluding steroid dienone is 1. The molecule has 0 spiro atoms. The Kier molecular flexibility index (Phi) is 8.53. The minimum atomic E-state index is -4.80. The molecule has 0 saturated carbocycles. The van der Waals surface area contributed by atoms with Gasteiger partial charge in [0.05, 0.1) is 10.6 Å². The Labute approximate surface area is 211 Å². The molecule has 0 fully saturated rings. The van der Waals surface area contributed by atoms with Crippen LogP contribution in [0.2, 0.25) is 0 Å². The maximum Gasteiger partial charge on any atom is 0.573 e. The van der Waals surface area contributed by atoms with Gasteiger partial charge in [-0.25, -0.2) is 12.8 Å². The first-order chi connectivity index (χ1) is 17.4. The number of nitrogens with one attached hydrogen (secondary N) is 1. The molecule has 1 N–H and O–H groups in total. The Bertz CT molecular complexity index is 1370. The number of amides is 1. The van der Waals surface area contributed by atoms with Gasteiger partial charge in [0.15, 0.2) is 0 Å². The Hall–Kier alpha value is -3.93. The summed E-state index contributed by atoms with van der Waals surface area (Å²) in [6.45, 7) is 3.07. The number of nitrogens with zero attached hydrogens (tertiary/aromatic N) is 2. The molecule has 0 saturated heterocycles. The zero-order chi connectivity index (χ0) is 27.2. The Morgan fingerprint density at radius 3 is 2.30 bits per heavy atom. The topological polar surface area (TPSA) is 88.6 Å². The highest BCUT2D eigenvalue weighted by Crippen LogP contribution is 2.26. The average Bonchev–Trinajstić information content (AvgIpc) is 2.85. The average molecular weight is 538 g/mol. The first-order valence-electron chi connectivity index (χ1n) is 11.0. The third kappa shape index (κ3) is 7.06. The number of carbonyl (C=O) groups is 1. The summed E-state index contributed by atoms with van der Waals surface area (Å²) in [7, 11) is -4.12. The number of carbonyl (C=O) groups excluding carboxylic acids is 1. The minimum absolute atomic E-state index is 0.0229. The van der Waals surface area contributed by atoms with E-state index in [9.17, 15) is 30.8 Å². The molecule has 12 heteroatoms. The van der Waals surface area contributed by atoms with Crippen molar-refractivity contribution in [3.05, 3.63) is 90.0 Å². The summed E-state index contributed by atoms with van der Waals surface area (Å²) >= 11 is 0. The molecular formula is C25H23F4N3O4S. The lowest BCUT2D eigenvalue weighted by atomic mass is 10.1. The highest BCUT2D eigenvalue weighted by atomic mass is 32.2. The van der Waals surface area contributed by atoms with Gasteiger partial charge < -0.3 is 10.1 Å². The molecule has 0 aliphatic heterocycles. The second-order valence-corrected chi connectivity index (χ2v) is 9.46. The van der Waals surface area contributed by atoms with Crippen molar-refractivity contribution in [2.75, 3.05) is 6.54 Å². The Morgan fingerprint density at radius 2 is 1.73 bits per heavy atom. The monoisotopic (exact) mass is 537 g/mol. The molecule has 0 unspecified atom stereocenters. The summed E-state index contributed by atoms with van der Waals surface area (Å²) in [6.07, 6.45) is -1.96. The lowest BCUT2D eigenvalue weighted by molar-refractivity contribution is -0.274. The number of hydrogen-bond donors (Lipinski definition) is 1. The smallest absolute Gasteiger partial charge is 0.406 e. The van der Waals surface area contributed by atoms with Crippen LogP contribution in [0, 0.1) is 5.82 Å². The quantitative estimate of drug-likeness (QED) is 0.306. The summed E-state index contributed by atoms with van der Waals surface area (Å²) < 4.78 is 81.3. The van der Waals surface area contributed by atoms with Crippen LogP contribution in [0.25, 0.3) is 11.3 Å². The largest absolute Gasteiger partial charge is 0.573 e. The maximum absolute atomic E-state index is 13.3. The van der Waals surface area contributed by atoms with Crippen LogP contribution >= 0.6 is 0 Å². The number of sulfonamides is 1. The van der Waals surface area contributed by atoms with Crippen molar-refractivity contribution >= 4 is 15.9 Å². The van der Waals surface area contributed by atoms with Gasteiger partial charge in [0.25, 0.3) is 15.9 Å². The predicted molar refractivity (Wildman–Crippen MR) is 128 cm³/mol. The maximum atomic E-state index is 13.3. The summed E-state index contributed by atoms with van der Waals surface area (Å²) in [5.74, 6) is -1.61. The SMILES string of the molecule is C/C=C(\C(=O)NCc1ccnc(-c2ccc(OC(F)(F)F)cc2)c1)N(CC)S(=O)(=O)c1ccc(F)cc1. The number of pyridine rings is 1. The van der Waals surface area contributed by atoms with Crippen LogP contribution in [-0.2, 0) is 21.4 Å². The summed E-state index contributed by atoms with van der Waals surface area (Å²) in [6, 6.07) is 12.7. The number of likely N-dealkylation sites (N-methyl/N-ethyl adjacent to an activating group) is 1. The number of benzene rings is 2. The molecule has 37 heavy (non-hydrogen) atoms. The number of ether oxygens (including phenoxy) is 1. The van der Waals surface area contributed by atoms with Gasteiger partial charge in [0, 0.05) is 24.8 Å². The molecule has 2 aromatic carbocycles. The molecule has 1 heterocycles. The van der Waals surface area contributed by atoms with E-state index in [1.54, 1.807) is 19.1 Å². The lowest BCUT2D eigenvalue weighted by Gasteiger charge is -2.25. The lowest BCUT2D eigenvalue weighted by Crippen LogP contribution is -2.38.